The molecule has 0 bridgehead atoms. The monoisotopic (exact) mass is 329 g/mol. The molecule has 0 amide bonds. The minimum atomic E-state index is 1.03. The molecule has 0 atom stereocenters. The van der Waals surface area contributed by atoms with Crippen molar-refractivity contribution < 1.29 is 0 Å². The number of hydrogen-bond donors (Lipinski definition) is 0. The van der Waals surface area contributed by atoms with Gasteiger partial charge in [0.05, 0.1) is 5.69 Å². The summed E-state index contributed by atoms with van der Waals surface area (Å²) < 4.78 is 0. The Kier molecular flexibility index (Phi) is 6.00. The third-order valence-corrected chi connectivity index (χ3v) is 4.68. The predicted molar refractivity (Wildman–Crippen MR) is 108 cm³/mol. The fraction of sp³-hybridized carbons (Fsp3) is 0.292. The lowest BCUT2D eigenvalue weighted by molar-refractivity contribution is 0.667. The molecule has 0 aliphatic rings. The Balaban J connectivity index is 1.73. The topological polar surface area (TPSA) is 12.9 Å². The van der Waals surface area contributed by atoms with E-state index in [2.05, 4.69) is 79.5 Å². The molecule has 0 spiro atoms. The summed E-state index contributed by atoms with van der Waals surface area (Å²) in [4.78, 5) is 4.55. The summed E-state index contributed by atoms with van der Waals surface area (Å²) in [5.74, 6) is 0. The van der Waals surface area contributed by atoms with Crippen LogP contribution in [0.5, 0.6) is 0 Å². The first-order chi connectivity index (χ1) is 12.3. The Morgan fingerprint density at radius 3 is 2.28 bits per heavy atom. The van der Waals surface area contributed by atoms with Gasteiger partial charge in [0.1, 0.15) is 0 Å². The van der Waals surface area contributed by atoms with Gasteiger partial charge in [-0.3, -0.25) is 4.98 Å². The van der Waals surface area contributed by atoms with Gasteiger partial charge in [0.2, 0.25) is 0 Å². The van der Waals surface area contributed by atoms with Gasteiger partial charge in [-0.1, -0.05) is 74.7 Å². The van der Waals surface area contributed by atoms with Crippen LogP contribution < -0.4 is 0 Å². The van der Waals surface area contributed by atoms with Crippen LogP contribution in [0.15, 0.2) is 66.9 Å². The lowest BCUT2D eigenvalue weighted by Gasteiger charge is -2.07. The normalized spacial score (nSPS) is 10.8. The number of aryl methyl sites for hydroxylation is 2. The number of nitrogens with zero attached hydrogens (tertiary/aromatic N) is 1. The molecule has 3 rings (SSSR count). The molecule has 0 N–H and O–H groups in total. The maximum absolute atomic E-state index is 4.55. The minimum absolute atomic E-state index is 1.03. The molecule has 0 saturated heterocycles. The molecule has 0 aliphatic carbocycles. The Morgan fingerprint density at radius 2 is 1.56 bits per heavy atom. The van der Waals surface area contributed by atoms with Gasteiger partial charge in [0.15, 0.2) is 0 Å². The smallest absolute Gasteiger partial charge is 0.0702 e. The van der Waals surface area contributed by atoms with E-state index in [9.17, 15) is 0 Å². The summed E-state index contributed by atoms with van der Waals surface area (Å²) in [6.45, 7) is 4.33. The SMILES string of the molecule is CCCCCCc1ccc(-c2cccc(-c3ccc(C)cn3)c2)cc1. The van der Waals surface area contributed by atoms with Crippen molar-refractivity contribution in [3.63, 3.8) is 0 Å². The summed E-state index contributed by atoms with van der Waals surface area (Å²) in [6.07, 6.45) is 8.39. The van der Waals surface area contributed by atoms with E-state index in [1.54, 1.807) is 0 Å². The van der Waals surface area contributed by atoms with Crippen LogP contribution in [0.1, 0.15) is 43.7 Å². The second kappa shape index (κ2) is 8.62. The van der Waals surface area contributed by atoms with Crippen LogP contribution >= 0.6 is 0 Å². The number of pyridine rings is 1. The average molecular weight is 329 g/mol. The molecule has 1 aromatic heterocycles. The van der Waals surface area contributed by atoms with E-state index in [-0.39, 0.29) is 0 Å². The average Bonchev–Trinajstić information content (AvgIpc) is 2.66. The zero-order valence-corrected chi connectivity index (χ0v) is 15.3. The molecule has 128 valence electrons. The fourth-order valence-electron chi connectivity index (χ4n) is 3.12. The van der Waals surface area contributed by atoms with Gasteiger partial charge in [0.25, 0.3) is 0 Å². The molecule has 1 nitrogen and oxygen atoms in total. The van der Waals surface area contributed by atoms with Crippen LogP contribution in [0, 0.1) is 6.92 Å². The molecule has 0 unspecified atom stereocenters. The van der Waals surface area contributed by atoms with Crippen molar-refractivity contribution in [1.82, 2.24) is 4.98 Å². The summed E-state index contributed by atoms with van der Waals surface area (Å²) in [6, 6.07) is 21.9. The Hall–Kier alpha value is -2.41. The summed E-state index contributed by atoms with van der Waals surface area (Å²) in [7, 11) is 0. The maximum Gasteiger partial charge on any atom is 0.0702 e. The van der Waals surface area contributed by atoms with Crippen molar-refractivity contribution in [2.24, 2.45) is 0 Å². The number of rotatable bonds is 7. The Bertz CT molecular complexity index is 785. The highest BCUT2D eigenvalue weighted by atomic mass is 14.7. The van der Waals surface area contributed by atoms with Gasteiger partial charge in [-0.05, 0) is 54.2 Å². The molecule has 0 saturated carbocycles. The molecule has 1 heterocycles. The van der Waals surface area contributed by atoms with Crippen molar-refractivity contribution in [3.05, 3.63) is 78.0 Å². The first-order valence-corrected chi connectivity index (χ1v) is 9.38. The summed E-state index contributed by atoms with van der Waals surface area (Å²) in [5, 5.41) is 0. The molecule has 0 fully saturated rings. The van der Waals surface area contributed by atoms with Gasteiger partial charge in [-0.25, -0.2) is 0 Å². The largest absolute Gasteiger partial charge is 0.256 e. The maximum atomic E-state index is 4.55. The molecular formula is C24H27N. The van der Waals surface area contributed by atoms with Gasteiger partial charge in [0, 0.05) is 11.8 Å². The van der Waals surface area contributed by atoms with Crippen molar-refractivity contribution in [2.45, 2.75) is 46.0 Å². The second-order valence-electron chi connectivity index (χ2n) is 6.81. The molecule has 0 radical (unpaired) electrons. The van der Waals surface area contributed by atoms with Crippen molar-refractivity contribution in [2.75, 3.05) is 0 Å². The molecule has 2 aromatic carbocycles. The fourth-order valence-corrected chi connectivity index (χ4v) is 3.12. The van der Waals surface area contributed by atoms with Crippen LogP contribution in [0.25, 0.3) is 22.4 Å². The lowest BCUT2D eigenvalue weighted by atomic mass is 9.99. The van der Waals surface area contributed by atoms with E-state index in [0.717, 1.165) is 5.69 Å². The molecule has 0 aliphatic heterocycles. The number of unbranched alkanes of at least 4 members (excludes halogenated alkanes) is 3. The summed E-state index contributed by atoms with van der Waals surface area (Å²) in [5.41, 5.74) is 7.34. The van der Waals surface area contributed by atoms with E-state index in [1.165, 1.54) is 59.9 Å². The van der Waals surface area contributed by atoms with Crippen LogP contribution in [-0.4, -0.2) is 4.98 Å². The van der Waals surface area contributed by atoms with Crippen LogP contribution in [0.3, 0.4) is 0 Å². The molecule has 25 heavy (non-hydrogen) atoms. The minimum Gasteiger partial charge on any atom is -0.256 e. The van der Waals surface area contributed by atoms with E-state index in [4.69, 9.17) is 0 Å². The Labute approximate surface area is 151 Å². The second-order valence-corrected chi connectivity index (χ2v) is 6.81. The third-order valence-electron chi connectivity index (χ3n) is 4.68. The zero-order valence-electron chi connectivity index (χ0n) is 15.3. The van der Waals surface area contributed by atoms with Crippen LogP contribution in [0.2, 0.25) is 0 Å². The van der Waals surface area contributed by atoms with Crippen molar-refractivity contribution >= 4 is 0 Å². The molecule has 1 heteroatoms. The van der Waals surface area contributed by atoms with Gasteiger partial charge in [-0.15, -0.1) is 0 Å². The first kappa shape index (κ1) is 17.4. The highest BCUT2D eigenvalue weighted by Crippen LogP contribution is 2.26. The van der Waals surface area contributed by atoms with E-state index in [0.29, 0.717) is 0 Å². The van der Waals surface area contributed by atoms with E-state index in [1.807, 2.05) is 6.20 Å². The quantitative estimate of drug-likeness (QED) is 0.432. The zero-order chi connectivity index (χ0) is 17.5. The Morgan fingerprint density at radius 1 is 0.760 bits per heavy atom. The van der Waals surface area contributed by atoms with E-state index >= 15 is 0 Å². The van der Waals surface area contributed by atoms with Crippen LogP contribution in [0.4, 0.5) is 0 Å². The standard InChI is InChI=1S/C24H27N/c1-3-4-5-6-8-20-12-14-21(15-13-20)22-9-7-10-23(17-22)24-16-11-19(2)18-25-24/h7,9-18H,3-6,8H2,1-2H3. The van der Waals surface area contributed by atoms with E-state index < -0.39 is 0 Å². The van der Waals surface area contributed by atoms with Gasteiger partial charge < -0.3 is 0 Å². The van der Waals surface area contributed by atoms with Gasteiger partial charge in [-0.2, -0.15) is 0 Å². The molecular weight excluding hydrogens is 302 g/mol. The van der Waals surface area contributed by atoms with Crippen molar-refractivity contribution in [3.8, 4) is 22.4 Å². The molecule has 3 aromatic rings. The predicted octanol–water partition coefficient (Wildman–Crippen LogP) is 6.85. The number of benzene rings is 2. The number of aromatic nitrogens is 1. The highest BCUT2D eigenvalue weighted by molar-refractivity contribution is 5.71. The number of hydrogen-bond acceptors (Lipinski definition) is 1. The highest BCUT2D eigenvalue weighted by Gasteiger charge is 2.03. The third kappa shape index (κ3) is 4.79. The van der Waals surface area contributed by atoms with Crippen molar-refractivity contribution in [1.29, 1.82) is 0 Å². The van der Waals surface area contributed by atoms with Gasteiger partial charge >= 0.3 is 0 Å². The lowest BCUT2D eigenvalue weighted by Crippen LogP contribution is -1.87. The first-order valence-electron chi connectivity index (χ1n) is 9.38. The summed E-state index contributed by atoms with van der Waals surface area (Å²) >= 11 is 0. The van der Waals surface area contributed by atoms with Crippen LogP contribution in [-0.2, 0) is 6.42 Å².